The van der Waals surface area contributed by atoms with Gasteiger partial charge < -0.3 is 14.8 Å². The van der Waals surface area contributed by atoms with Crippen molar-refractivity contribution in [2.75, 3.05) is 26.0 Å². The lowest BCUT2D eigenvalue weighted by molar-refractivity contribution is 0.310. The van der Waals surface area contributed by atoms with Gasteiger partial charge in [-0.2, -0.15) is 4.68 Å². The Hall–Kier alpha value is -2.29. The van der Waals surface area contributed by atoms with E-state index in [1.54, 1.807) is 23.6 Å². The van der Waals surface area contributed by atoms with Crippen LogP contribution in [-0.2, 0) is 6.54 Å². The number of hydrogen-bond donors (Lipinski definition) is 1. The molecule has 0 aliphatic rings. The normalized spacial score (nSPS) is 10.4. The summed E-state index contributed by atoms with van der Waals surface area (Å²) in [6.45, 7) is 4.17. The van der Waals surface area contributed by atoms with Crippen LogP contribution in [-0.4, -0.2) is 46.2 Å². The topological polar surface area (TPSA) is 74.1 Å². The lowest BCUT2D eigenvalue weighted by atomic mass is 10.2. The molecule has 0 fully saturated rings. The lowest BCUT2D eigenvalue weighted by Gasteiger charge is -2.11. The summed E-state index contributed by atoms with van der Waals surface area (Å²) in [4.78, 5) is 0. The maximum Gasteiger partial charge on any atom is 0.214 e. The van der Waals surface area contributed by atoms with Crippen molar-refractivity contribution in [1.82, 2.24) is 25.5 Å². The maximum absolute atomic E-state index is 5.62. The monoisotopic (exact) mass is 421 g/mol. The molecule has 0 aliphatic carbocycles. The number of benzene rings is 2. The van der Waals surface area contributed by atoms with Crippen molar-refractivity contribution < 1.29 is 9.47 Å². The van der Waals surface area contributed by atoms with Crippen molar-refractivity contribution in [1.29, 1.82) is 0 Å². The molecule has 0 atom stereocenters. The minimum Gasteiger partial charge on any atom is -0.493 e. The molecule has 7 nitrogen and oxygen atoms in total. The minimum atomic E-state index is 0. The number of thioether (sulfide) groups is 1. The van der Waals surface area contributed by atoms with Gasteiger partial charge in [0.05, 0.1) is 19.4 Å². The molecular weight excluding hydrogens is 398 g/mol. The fourth-order valence-electron chi connectivity index (χ4n) is 2.55. The smallest absolute Gasteiger partial charge is 0.214 e. The number of methoxy groups -OCH3 is 1. The molecule has 0 radical (unpaired) electrons. The van der Waals surface area contributed by atoms with Crippen LogP contribution in [0.3, 0.4) is 0 Å². The molecular formula is C19H24ClN5O2S. The third-order valence-electron chi connectivity index (χ3n) is 3.81. The van der Waals surface area contributed by atoms with E-state index >= 15 is 0 Å². The first-order valence-electron chi connectivity index (χ1n) is 8.79. The molecule has 9 heteroatoms. The Balaban J connectivity index is 0.00000280. The summed E-state index contributed by atoms with van der Waals surface area (Å²) in [6.07, 6.45) is 0. The average molecular weight is 422 g/mol. The van der Waals surface area contributed by atoms with Crippen LogP contribution in [0.2, 0.25) is 0 Å². The first kappa shape index (κ1) is 22.0. The number of aromatic nitrogens is 4. The summed E-state index contributed by atoms with van der Waals surface area (Å²) in [6, 6.07) is 15.9. The molecule has 150 valence electrons. The van der Waals surface area contributed by atoms with Crippen LogP contribution in [0.1, 0.15) is 12.5 Å². The van der Waals surface area contributed by atoms with E-state index < -0.39 is 0 Å². The Morgan fingerprint density at radius 3 is 2.68 bits per heavy atom. The molecule has 0 bridgehead atoms. The highest BCUT2D eigenvalue weighted by molar-refractivity contribution is 7.99. The number of ether oxygens (including phenoxy) is 2. The summed E-state index contributed by atoms with van der Waals surface area (Å²) in [5.41, 5.74) is 2.11. The van der Waals surface area contributed by atoms with Crippen LogP contribution in [0.4, 0.5) is 0 Å². The molecule has 0 saturated carbocycles. The second kappa shape index (κ2) is 11.5. The number of nitrogens with one attached hydrogen (secondary N) is 1. The summed E-state index contributed by atoms with van der Waals surface area (Å²) < 4.78 is 12.7. The predicted octanol–water partition coefficient (Wildman–Crippen LogP) is 3.37. The SMILES string of the molecule is CCOc1cc(CNCCSc2nnnn2-c2ccccc2)ccc1OC.Cl. The van der Waals surface area contributed by atoms with Crippen molar-refractivity contribution in [3.8, 4) is 17.2 Å². The van der Waals surface area contributed by atoms with Gasteiger partial charge in [-0.25, -0.2) is 0 Å². The van der Waals surface area contributed by atoms with Crippen molar-refractivity contribution in [2.24, 2.45) is 0 Å². The molecule has 3 rings (SSSR count). The van der Waals surface area contributed by atoms with E-state index in [0.717, 1.165) is 46.7 Å². The van der Waals surface area contributed by atoms with E-state index in [0.29, 0.717) is 6.61 Å². The second-order valence-corrected chi connectivity index (χ2v) is 6.71. The van der Waals surface area contributed by atoms with Gasteiger partial charge in [0, 0.05) is 18.8 Å². The number of tetrazole rings is 1. The van der Waals surface area contributed by atoms with Crippen LogP contribution < -0.4 is 14.8 Å². The molecule has 0 amide bonds. The van der Waals surface area contributed by atoms with Gasteiger partial charge in [-0.1, -0.05) is 36.0 Å². The standard InChI is InChI=1S/C19H23N5O2S.ClH/c1-3-26-18-13-15(9-10-17(18)25-2)14-20-11-12-27-19-21-22-23-24(19)16-7-5-4-6-8-16;/h4-10,13,20H,3,11-12,14H2,1-2H3;1H. The highest BCUT2D eigenvalue weighted by Gasteiger charge is 2.08. The Morgan fingerprint density at radius 1 is 1.11 bits per heavy atom. The van der Waals surface area contributed by atoms with Gasteiger partial charge in [0.2, 0.25) is 5.16 Å². The van der Waals surface area contributed by atoms with Gasteiger partial charge in [0.1, 0.15) is 0 Å². The summed E-state index contributed by atoms with van der Waals surface area (Å²) >= 11 is 1.62. The number of nitrogens with zero attached hydrogens (tertiary/aromatic N) is 4. The van der Waals surface area contributed by atoms with Gasteiger partial charge in [0.15, 0.2) is 11.5 Å². The third kappa shape index (κ3) is 5.85. The zero-order valence-electron chi connectivity index (χ0n) is 15.9. The quantitative estimate of drug-likeness (QED) is 0.397. The van der Waals surface area contributed by atoms with Crippen LogP contribution >= 0.6 is 24.2 Å². The number of hydrogen-bond acceptors (Lipinski definition) is 7. The van der Waals surface area contributed by atoms with Gasteiger partial charge in [-0.3, -0.25) is 0 Å². The number of rotatable bonds is 10. The van der Waals surface area contributed by atoms with Crippen LogP contribution in [0.15, 0.2) is 53.7 Å². The van der Waals surface area contributed by atoms with E-state index in [9.17, 15) is 0 Å². The summed E-state index contributed by atoms with van der Waals surface area (Å²) in [7, 11) is 1.65. The van der Waals surface area contributed by atoms with Crippen molar-refractivity contribution in [3.63, 3.8) is 0 Å². The summed E-state index contributed by atoms with van der Waals surface area (Å²) in [5, 5.41) is 16.2. The second-order valence-electron chi connectivity index (χ2n) is 5.65. The number of halogens is 1. The van der Waals surface area contributed by atoms with Crippen LogP contribution in [0.25, 0.3) is 5.69 Å². The van der Waals surface area contributed by atoms with E-state index in [-0.39, 0.29) is 12.4 Å². The first-order valence-corrected chi connectivity index (χ1v) is 9.77. The Morgan fingerprint density at radius 2 is 1.93 bits per heavy atom. The summed E-state index contributed by atoms with van der Waals surface area (Å²) in [5.74, 6) is 2.39. The zero-order chi connectivity index (χ0) is 18.9. The minimum absolute atomic E-state index is 0. The van der Waals surface area contributed by atoms with Crippen LogP contribution in [0, 0.1) is 0 Å². The van der Waals surface area contributed by atoms with E-state index in [4.69, 9.17) is 9.47 Å². The van der Waals surface area contributed by atoms with Crippen molar-refractivity contribution >= 4 is 24.2 Å². The molecule has 3 aromatic rings. The van der Waals surface area contributed by atoms with Crippen LogP contribution in [0.5, 0.6) is 11.5 Å². The van der Waals surface area contributed by atoms with Gasteiger partial charge in [-0.15, -0.1) is 17.5 Å². The third-order valence-corrected chi connectivity index (χ3v) is 4.73. The zero-order valence-corrected chi connectivity index (χ0v) is 17.5. The Bertz CT molecular complexity index is 847. The molecule has 1 aromatic heterocycles. The van der Waals surface area contributed by atoms with E-state index in [1.165, 1.54) is 0 Å². The molecule has 0 spiro atoms. The lowest BCUT2D eigenvalue weighted by Crippen LogP contribution is -2.17. The van der Waals surface area contributed by atoms with E-state index in [2.05, 4.69) is 20.8 Å². The highest BCUT2D eigenvalue weighted by Crippen LogP contribution is 2.28. The van der Waals surface area contributed by atoms with Crippen molar-refractivity contribution in [3.05, 3.63) is 54.1 Å². The first-order chi connectivity index (χ1) is 13.3. The van der Waals surface area contributed by atoms with Gasteiger partial charge >= 0.3 is 0 Å². The fraction of sp³-hybridized carbons (Fsp3) is 0.316. The Kier molecular flexibility index (Phi) is 9.06. The molecule has 1 heterocycles. The van der Waals surface area contributed by atoms with Gasteiger partial charge in [0.25, 0.3) is 0 Å². The fourth-order valence-corrected chi connectivity index (χ4v) is 3.33. The molecule has 2 aromatic carbocycles. The van der Waals surface area contributed by atoms with E-state index in [1.807, 2.05) is 55.5 Å². The maximum atomic E-state index is 5.62. The number of para-hydroxylation sites is 1. The molecule has 0 saturated heterocycles. The molecule has 0 aliphatic heterocycles. The highest BCUT2D eigenvalue weighted by atomic mass is 35.5. The molecule has 0 unspecified atom stereocenters. The Labute approximate surface area is 175 Å². The molecule has 1 N–H and O–H groups in total. The predicted molar refractivity (Wildman–Crippen MR) is 113 cm³/mol. The van der Waals surface area contributed by atoms with Crippen molar-refractivity contribution in [2.45, 2.75) is 18.6 Å². The van der Waals surface area contributed by atoms with Gasteiger partial charge in [-0.05, 0) is 47.2 Å². The average Bonchev–Trinajstić information content (AvgIpc) is 3.17. The largest absolute Gasteiger partial charge is 0.493 e. The molecule has 28 heavy (non-hydrogen) atoms.